The number of nitrogens with one attached hydrogen (secondary N) is 2. The predicted octanol–water partition coefficient (Wildman–Crippen LogP) is 1.83. The van der Waals surface area contributed by atoms with E-state index < -0.39 is 11.6 Å². The molecule has 5 rings (SSSR count). The van der Waals surface area contributed by atoms with Crippen LogP contribution in [0.2, 0.25) is 5.02 Å². The number of nitrogens with zero attached hydrogens (tertiary/aromatic N) is 7. The van der Waals surface area contributed by atoms with Crippen LogP contribution in [0.3, 0.4) is 0 Å². The van der Waals surface area contributed by atoms with Crippen molar-refractivity contribution in [3.63, 3.8) is 0 Å². The molecule has 0 radical (unpaired) electrons. The molecule has 168 valence electrons. The summed E-state index contributed by atoms with van der Waals surface area (Å²) in [5.74, 6) is 1.21. The van der Waals surface area contributed by atoms with Crippen molar-refractivity contribution in [2.75, 3.05) is 49.5 Å². The number of piperazine rings is 1. The normalized spacial score (nSPS) is 16.7. The van der Waals surface area contributed by atoms with E-state index in [0.717, 1.165) is 44.1 Å². The first-order chi connectivity index (χ1) is 15.6. The van der Waals surface area contributed by atoms with E-state index in [-0.39, 0.29) is 17.1 Å². The summed E-state index contributed by atoms with van der Waals surface area (Å²) in [7, 11) is 0. The lowest BCUT2D eigenvalue weighted by molar-refractivity contribution is 0.226. The maximum absolute atomic E-state index is 14.4. The number of fused-ring (bicyclic) bond motifs is 1. The molecule has 0 saturated carbocycles. The third kappa shape index (κ3) is 4.10. The average molecular weight is 462 g/mol. The Kier molecular flexibility index (Phi) is 5.85. The topological polar surface area (TPSA) is 87.0 Å². The molecule has 12 heteroatoms. The van der Waals surface area contributed by atoms with Crippen LogP contribution in [0.1, 0.15) is 11.4 Å². The molecule has 3 aromatic rings. The quantitative estimate of drug-likeness (QED) is 0.556. The van der Waals surface area contributed by atoms with E-state index in [0.29, 0.717) is 37.1 Å². The zero-order valence-corrected chi connectivity index (χ0v) is 18.0. The monoisotopic (exact) mass is 461 g/mol. The van der Waals surface area contributed by atoms with Crippen LogP contribution < -0.4 is 15.5 Å². The molecular formula is C20H22ClF2N9. The summed E-state index contributed by atoms with van der Waals surface area (Å²) >= 11 is 6.05. The van der Waals surface area contributed by atoms with Gasteiger partial charge in [-0.3, -0.25) is 9.47 Å². The number of hydrogen-bond donors (Lipinski definition) is 2. The fourth-order valence-corrected chi connectivity index (χ4v) is 4.15. The van der Waals surface area contributed by atoms with Gasteiger partial charge in [-0.05, 0) is 12.1 Å². The van der Waals surface area contributed by atoms with Gasteiger partial charge in [-0.2, -0.15) is 0 Å². The second-order valence-electron chi connectivity index (χ2n) is 7.71. The smallest absolute Gasteiger partial charge is 0.174 e. The molecule has 0 aliphatic carbocycles. The van der Waals surface area contributed by atoms with Crippen LogP contribution in [-0.4, -0.2) is 68.9 Å². The summed E-state index contributed by atoms with van der Waals surface area (Å²) in [6.07, 6.45) is 3.26. The average Bonchev–Trinajstić information content (AvgIpc) is 3.28. The third-order valence-corrected chi connectivity index (χ3v) is 6.05. The summed E-state index contributed by atoms with van der Waals surface area (Å²) in [5, 5.41) is 14.6. The molecule has 1 aromatic carbocycles. The van der Waals surface area contributed by atoms with Crippen LogP contribution in [0, 0.1) is 11.6 Å². The summed E-state index contributed by atoms with van der Waals surface area (Å²) in [6.45, 7) is 5.58. The molecule has 2 N–H and O–H groups in total. The predicted molar refractivity (Wildman–Crippen MR) is 116 cm³/mol. The van der Waals surface area contributed by atoms with Crippen molar-refractivity contribution < 1.29 is 8.78 Å². The van der Waals surface area contributed by atoms with Crippen molar-refractivity contribution in [2.24, 2.45) is 0 Å². The van der Waals surface area contributed by atoms with Crippen LogP contribution in [0.25, 0.3) is 5.82 Å². The van der Waals surface area contributed by atoms with E-state index >= 15 is 0 Å². The Balaban J connectivity index is 1.44. The molecule has 0 unspecified atom stereocenters. The van der Waals surface area contributed by atoms with Crippen molar-refractivity contribution in [1.29, 1.82) is 0 Å². The van der Waals surface area contributed by atoms with Gasteiger partial charge in [0.05, 0.1) is 17.8 Å². The van der Waals surface area contributed by atoms with Crippen molar-refractivity contribution in [1.82, 2.24) is 34.9 Å². The largest absolute Gasteiger partial charge is 0.365 e. The Morgan fingerprint density at radius 2 is 1.84 bits per heavy atom. The van der Waals surface area contributed by atoms with Gasteiger partial charge in [0.25, 0.3) is 0 Å². The van der Waals surface area contributed by atoms with E-state index in [1.807, 2.05) is 4.90 Å². The number of benzene rings is 1. The highest BCUT2D eigenvalue weighted by atomic mass is 35.5. The summed E-state index contributed by atoms with van der Waals surface area (Å²) in [4.78, 5) is 13.4. The summed E-state index contributed by atoms with van der Waals surface area (Å²) in [6, 6.07) is 2.11. The van der Waals surface area contributed by atoms with Gasteiger partial charge in [0, 0.05) is 51.4 Å². The van der Waals surface area contributed by atoms with Gasteiger partial charge in [-0.1, -0.05) is 11.6 Å². The van der Waals surface area contributed by atoms with E-state index in [4.69, 9.17) is 16.6 Å². The molecule has 2 aromatic heterocycles. The van der Waals surface area contributed by atoms with Gasteiger partial charge >= 0.3 is 0 Å². The number of anilines is 2. The SMILES string of the molecule is Fc1ccc(F)c(CN2CCNc3ncc(-n4cnnc4CN4CCNCC4)nc32)c1Cl. The van der Waals surface area contributed by atoms with Gasteiger partial charge in [0.1, 0.15) is 18.0 Å². The van der Waals surface area contributed by atoms with E-state index in [1.54, 1.807) is 17.1 Å². The molecule has 0 atom stereocenters. The van der Waals surface area contributed by atoms with Crippen LogP contribution >= 0.6 is 11.6 Å². The molecule has 2 aliphatic rings. The second kappa shape index (κ2) is 8.93. The summed E-state index contributed by atoms with van der Waals surface area (Å²) < 4.78 is 30.1. The van der Waals surface area contributed by atoms with Crippen LogP contribution in [-0.2, 0) is 13.1 Å². The minimum absolute atomic E-state index is 0.0745. The first-order valence-electron chi connectivity index (χ1n) is 10.4. The highest BCUT2D eigenvalue weighted by Gasteiger charge is 2.24. The molecule has 1 fully saturated rings. The molecule has 0 amide bonds. The number of hydrogen-bond acceptors (Lipinski definition) is 8. The van der Waals surface area contributed by atoms with E-state index in [1.165, 1.54) is 0 Å². The molecule has 9 nitrogen and oxygen atoms in total. The number of aromatic nitrogens is 5. The maximum Gasteiger partial charge on any atom is 0.174 e. The van der Waals surface area contributed by atoms with Crippen molar-refractivity contribution in [3.05, 3.63) is 52.7 Å². The van der Waals surface area contributed by atoms with Crippen LogP contribution in [0.5, 0.6) is 0 Å². The lowest BCUT2D eigenvalue weighted by Crippen LogP contribution is -2.43. The number of rotatable bonds is 5. The van der Waals surface area contributed by atoms with E-state index in [2.05, 4.69) is 30.7 Å². The zero-order valence-electron chi connectivity index (χ0n) is 17.2. The van der Waals surface area contributed by atoms with Gasteiger partial charge in [-0.25, -0.2) is 18.7 Å². The standard InChI is InChI=1S/C20H22ClF2N9/c21-18-13(14(22)1-2-15(18)23)10-31-8-5-25-19-20(31)28-16(9-26-19)32-12-27-29-17(32)11-30-6-3-24-4-7-30/h1-2,9,12,24H,3-8,10-11H2,(H,25,26). The molecule has 0 spiro atoms. The third-order valence-electron chi connectivity index (χ3n) is 5.64. The fraction of sp³-hybridized carbons (Fsp3) is 0.400. The van der Waals surface area contributed by atoms with Gasteiger partial charge in [0.15, 0.2) is 23.3 Å². The second-order valence-corrected chi connectivity index (χ2v) is 8.09. The Labute approximate surface area is 188 Å². The fourth-order valence-electron chi connectivity index (χ4n) is 3.93. The first kappa shape index (κ1) is 21.0. The first-order valence-corrected chi connectivity index (χ1v) is 10.8. The van der Waals surface area contributed by atoms with Gasteiger partial charge in [0.2, 0.25) is 0 Å². The highest BCUT2D eigenvalue weighted by molar-refractivity contribution is 6.31. The van der Waals surface area contributed by atoms with Crippen molar-refractivity contribution in [2.45, 2.75) is 13.1 Å². The Morgan fingerprint density at radius 3 is 2.69 bits per heavy atom. The lowest BCUT2D eigenvalue weighted by Gasteiger charge is -2.31. The zero-order chi connectivity index (χ0) is 22.1. The summed E-state index contributed by atoms with van der Waals surface area (Å²) in [5.41, 5.74) is 0.0930. The van der Waals surface area contributed by atoms with Crippen LogP contribution in [0.4, 0.5) is 20.4 Å². The van der Waals surface area contributed by atoms with Crippen molar-refractivity contribution >= 4 is 23.2 Å². The lowest BCUT2D eigenvalue weighted by atomic mass is 10.1. The Morgan fingerprint density at radius 1 is 1.03 bits per heavy atom. The molecule has 4 heterocycles. The van der Waals surface area contributed by atoms with Crippen LogP contribution in [0.15, 0.2) is 24.7 Å². The van der Waals surface area contributed by atoms with E-state index in [9.17, 15) is 8.78 Å². The molecular weight excluding hydrogens is 440 g/mol. The minimum Gasteiger partial charge on any atom is -0.365 e. The highest BCUT2D eigenvalue weighted by Crippen LogP contribution is 2.30. The maximum atomic E-state index is 14.4. The molecule has 1 saturated heterocycles. The minimum atomic E-state index is -0.652. The van der Waals surface area contributed by atoms with Crippen molar-refractivity contribution in [3.8, 4) is 5.82 Å². The molecule has 0 bridgehead atoms. The Bertz CT molecular complexity index is 1120. The van der Waals surface area contributed by atoms with Gasteiger partial charge in [-0.15, -0.1) is 10.2 Å². The molecule has 32 heavy (non-hydrogen) atoms. The number of halogens is 3. The van der Waals surface area contributed by atoms with Gasteiger partial charge < -0.3 is 15.5 Å². The molecule has 2 aliphatic heterocycles. The Hall–Kier alpha value is -2.89.